The number of carbonyl (C=O) groups is 1. The van der Waals surface area contributed by atoms with E-state index in [0.29, 0.717) is 5.39 Å². The number of allylic oxidation sites excluding steroid dienone is 1. The van der Waals surface area contributed by atoms with Crippen LogP contribution in [0.2, 0.25) is 0 Å². The van der Waals surface area contributed by atoms with Gasteiger partial charge >= 0.3 is 6.16 Å². The Morgan fingerprint density at radius 1 is 1.19 bits per heavy atom. The summed E-state index contributed by atoms with van der Waals surface area (Å²) >= 11 is 0. The van der Waals surface area contributed by atoms with Crippen molar-refractivity contribution in [2.24, 2.45) is 0 Å². The highest BCUT2D eigenvalue weighted by molar-refractivity contribution is 5.80. The topological polar surface area (TPSA) is 79.5 Å². The predicted octanol–water partition coefficient (Wildman–Crippen LogP) is 1.01. The van der Waals surface area contributed by atoms with Crippen molar-refractivity contribution in [2.45, 2.75) is 12.8 Å². The zero-order valence-electron chi connectivity index (χ0n) is 11.2. The molecule has 7 heteroatoms. The molecule has 1 aliphatic rings. The molecule has 0 aliphatic carbocycles. The molecule has 0 spiro atoms. The van der Waals surface area contributed by atoms with E-state index in [4.69, 9.17) is 4.74 Å². The van der Waals surface area contributed by atoms with Crippen LogP contribution in [0.25, 0.3) is 10.8 Å². The van der Waals surface area contributed by atoms with E-state index in [-0.39, 0.29) is 17.5 Å². The molecule has 0 N–H and O–H groups in total. The van der Waals surface area contributed by atoms with Crippen LogP contribution in [0.5, 0.6) is 0 Å². The molecule has 0 saturated carbocycles. The minimum Gasteiger partial charge on any atom is -0.438 e. The van der Waals surface area contributed by atoms with Crippen LogP contribution < -0.4 is 11.1 Å². The van der Waals surface area contributed by atoms with Gasteiger partial charge in [0.25, 0.3) is 11.1 Å². The van der Waals surface area contributed by atoms with Crippen LogP contribution in [0.1, 0.15) is 6.23 Å². The molecule has 0 saturated heterocycles. The van der Waals surface area contributed by atoms with Crippen molar-refractivity contribution in [2.75, 3.05) is 7.11 Å². The Balaban J connectivity index is 2.27. The summed E-state index contributed by atoms with van der Waals surface area (Å²) in [4.78, 5) is 36.2. The van der Waals surface area contributed by atoms with Crippen molar-refractivity contribution in [1.82, 2.24) is 9.36 Å². The number of ether oxygens (including phenoxy) is 2. The largest absolute Gasteiger partial charge is 0.510 e. The second-order valence-corrected chi connectivity index (χ2v) is 4.47. The zero-order chi connectivity index (χ0) is 15.0. The molecule has 3 rings (SSSR count). The highest BCUT2D eigenvalue weighted by Gasteiger charge is 2.23. The third kappa shape index (κ3) is 2.03. The van der Waals surface area contributed by atoms with Gasteiger partial charge in [-0.25, -0.2) is 14.2 Å². The maximum atomic E-state index is 12.5. The Bertz CT molecular complexity index is 862. The van der Waals surface area contributed by atoms with Crippen LogP contribution >= 0.6 is 0 Å². The highest BCUT2D eigenvalue weighted by atomic mass is 16.7. The second-order valence-electron chi connectivity index (χ2n) is 4.47. The third-order valence-corrected chi connectivity index (χ3v) is 3.29. The average Bonchev–Trinajstić information content (AvgIpc) is 2.52. The molecule has 1 aromatic carbocycles. The molecule has 1 aliphatic heterocycles. The van der Waals surface area contributed by atoms with Gasteiger partial charge in [0, 0.05) is 0 Å². The molecule has 1 atom stereocenters. The SMILES string of the molecule is COC(=O)OC1C=CCn2c(=O)c3ccccc3c(=O)n21. The quantitative estimate of drug-likeness (QED) is 0.578. The summed E-state index contributed by atoms with van der Waals surface area (Å²) in [6, 6.07) is 6.54. The van der Waals surface area contributed by atoms with Gasteiger partial charge in [-0.2, -0.15) is 0 Å². The molecule has 2 aromatic rings. The van der Waals surface area contributed by atoms with Crippen molar-refractivity contribution in [3.8, 4) is 0 Å². The van der Waals surface area contributed by atoms with Gasteiger partial charge in [-0.3, -0.25) is 9.59 Å². The number of hydrogen-bond donors (Lipinski definition) is 0. The van der Waals surface area contributed by atoms with E-state index in [1.54, 1.807) is 30.3 Å². The van der Waals surface area contributed by atoms with Crippen molar-refractivity contribution < 1.29 is 14.3 Å². The molecule has 7 nitrogen and oxygen atoms in total. The molecule has 1 aromatic heterocycles. The summed E-state index contributed by atoms with van der Waals surface area (Å²) in [7, 11) is 1.17. The lowest BCUT2D eigenvalue weighted by molar-refractivity contribution is 0.0129. The zero-order valence-corrected chi connectivity index (χ0v) is 11.2. The Labute approximate surface area is 118 Å². The average molecular weight is 288 g/mol. The first-order chi connectivity index (χ1) is 10.1. The van der Waals surface area contributed by atoms with Crippen molar-refractivity contribution >= 4 is 16.9 Å². The van der Waals surface area contributed by atoms with E-state index in [2.05, 4.69) is 4.74 Å². The Hall–Kier alpha value is -2.83. The highest BCUT2D eigenvalue weighted by Crippen LogP contribution is 2.15. The summed E-state index contributed by atoms with van der Waals surface area (Å²) in [6.45, 7) is 0.236. The molecule has 0 fully saturated rings. The molecular formula is C14H12N2O5. The molecule has 0 amide bonds. The van der Waals surface area contributed by atoms with E-state index in [1.165, 1.54) is 17.9 Å². The first-order valence-corrected chi connectivity index (χ1v) is 6.29. The number of hydrogen-bond acceptors (Lipinski definition) is 5. The summed E-state index contributed by atoms with van der Waals surface area (Å²) in [5.74, 6) is 0. The molecule has 1 unspecified atom stereocenters. The fourth-order valence-corrected chi connectivity index (χ4v) is 2.34. The van der Waals surface area contributed by atoms with Crippen LogP contribution in [-0.4, -0.2) is 22.6 Å². The summed E-state index contributed by atoms with van der Waals surface area (Å²) < 4.78 is 11.8. The van der Waals surface area contributed by atoms with E-state index in [1.807, 2.05) is 0 Å². The maximum Gasteiger partial charge on any atom is 0.510 e. The number of fused-ring (bicyclic) bond motifs is 2. The van der Waals surface area contributed by atoms with E-state index in [0.717, 1.165) is 4.68 Å². The number of aromatic nitrogens is 2. The van der Waals surface area contributed by atoms with Crippen LogP contribution in [0, 0.1) is 0 Å². The fraction of sp³-hybridized carbons (Fsp3) is 0.214. The van der Waals surface area contributed by atoms with Gasteiger partial charge in [-0.05, 0) is 18.2 Å². The Morgan fingerprint density at radius 2 is 1.86 bits per heavy atom. The van der Waals surface area contributed by atoms with Gasteiger partial charge in [0.2, 0.25) is 6.23 Å². The first-order valence-electron chi connectivity index (χ1n) is 6.29. The van der Waals surface area contributed by atoms with Crippen molar-refractivity contribution in [1.29, 1.82) is 0 Å². The van der Waals surface area contributed by atoms with E-state index in [9.17, 15) is 14.4 Å². The molecule has 21 heavy (non-hydrogen) atoms. The number of rotatable bonds is 1. The van der Waals surface area contributed by atoms with Gasteiger partial charge in [0.15, 0.2) is 0 Å². The summed E-state index contributed by atoms with van der Waals surface area (Å²) in [5, 5.41) is 0.624. The van der Waals surface area contributed by atoms with Crippen LogP contribution in [0.15, 0.2) is 46.0 Å². The number of carbonyl (C=O) groups excluding carboxylic acids is 1. The lowest BCUT2D eigenvalue weighted by atomic mass is 10.2. The summed E-state index contributed by atoms with van der Waals surface area (Å²) in [6.07, 6.45) is 1.26. The molecule has 0 bridgehead atoms. The van der Waals surface area contributed by atoms with Gasteiger partial charge in [-0.15, -0.1) is 0 Å². The number of methoxy groups -OCH3 is 1. The van der Waals surface area contributed by atoms with Gasteiger partial charge in [0.1, 0.15) is 0 Å². The van der Waals surface area contributed by atoms with Crippen LogP contribution in [0.3, 0.4) is 0 Å². The molecule has 0 radical (unpaired) electrons. The van der Waals surface area contributed by atoms with Crippen molar-refractivity contribution in [3.05, 3.63) is 57.1 Å². The normalized spacial score (nSPS) is 16.5. The second kappa shape index (κ2) is 4.93. The summed E-state index contributed by atoms with van der Waals surface area (Å²) in [5.41, 5.74) is -0.712. The lowest BCUT2D eigenvalue weighted by Gasteiger charge is -2.24. The Kier molecular flexibility index (Phi) is 3.09. The number of benzene rings is 1. The smallest absolute Gasteiger partial charge is 0.438 e. The standard InChI is InChI=1S/C14H12N2O5/c1-20-14(19)21-11-7-4-8-15-12(17)9-5-2-3-6-10(9)13(18)16(11)15/h2-7,11H,8H2,1H3. The number of nitrogens with zero attached hydrogens (tertiary/aromatic N) is 2. The predicted molar refractivity (Wildman–Crippen MR) is 74.1 cm³/mol. The van der Waals surface area contributed by atoms with Crippen LogP contribution in [-0.2, 0) is 16.0 Å². The van der Waals surface area contributed by atoms with Gasteiger partial charge in [-0.1, -0.05) is 18.2 Å². The first kappa shape index (κ1) is 13.2. The third-order valence-electron chi connectivity index (χ3n) is 3.29. The lowest BCUT2D eigenvalue weighted by Crippen LogP contribution is -2.43. The maximum absolute atomic E-state index is 12.5. The van der Waals surface area contributed by atoms with Gasteiger partial charge in [0.05, 0.1) is 24.4 Å². The van der Waals surface area contributed by atoms with Crippen LogP contribution in [0.4, 0.5) is 4.79 Å². The van der Waals surface area contributed by atoms with E-state index < -0.39 is 17.9 Å². The van der Waals surface area contributed by atoms with Crippen molar-refractivity contribution in [3.63, 3.8) is 0 Å². The monoisotopic (exact) mass is 288 g/mol. The Morgan fingerprint density at radius 3 is 2.52 bits per heavy atom. The molecule has 2 heterocycles. The minimum atomic E-state index is -1.00. The fourth-order valence-electron chi connectivity index (χ4n) is 2.34. The molecular weight excluding hydrogens is 276 g/mol. The minimum absolute atomic E-state index is 0.236. The van der Waals surface area contributed by atoms with E-state index >= 15 is 0 Å². The molecule has 108 valence electrons. The van der Waals surface area contributed by atoms with Gasteiger partial charge < -0.3 is 9.47 Å².